The maximum Gasteiger partial charge on any atom is 0.328 e. The van der Waals surface area contributed by atoms with Crippen molar-refractivity contribution in [3.8, 4) is 0 Å². The third-order valence-electron chi connectivity index (χ3n) is 0.484. The van der Waals surface area contributed by atoms with Gasteiger partial charge in [0, 0.05) is 6.08 Å². The van der Waals surface area contributed by atoms with Crippen molar-refractivity contribution in [1.29, 1.82) is 0 Å². The average molecular weight is 148 g/mol. The van der Waals surface area contributed by atoms with Crippen LogP contribution < -0.4 is 0 Å². The van der Waals surface area contributed by atoms with Crippen molar-refractivity contribution in [1.82, 2.24) is 0 Å². The summed E-state index contributed by atoms with van der Waals surface area (Å²) >= 11 is 0. The Morgan fingerprint density at radius 1 is 1.78 bits per heavy atom. The lowest BCUT2D eigenvalue weighted by Crippen LogP contribution is -1.87. The quantitative estimate of drug-likeness (QED) is 0.364. The van der Waals surface area contributed by atoms with Crippen LogP contribution in [0, 0.1) is 0 Å². The monoisotopic (exact) mass is 148 g/mol. The zero-order valence-electron chi connectivity index (χ0n) is 4.48. The molecule has 0 heterocycles. The van der Waals surface area contributed by atoms with Crippen LogP contribution in [0.4, 0.5) is 0 Å². The summed E-state index contributed by atoms with van der Waals surface area (Å²) in [5, 5.41) is 7.99. The van der Waals surface area contributed by atoms with E-state index in [1.807, 2.05) is 0 Å². The van der Waals surface area contributed by atoms with Gasteiger partial charge in [0.05, 0.1) is 6.61 Å². The molecule has 9 heavy (non-hydrogen) atoms. The molecule has 0 fully saturated rings. The Labute approximate surface area is 53.4 Å². The Bertz CT molecular complexity index is 131. The molecule has 50 valence electrons. The van der Waals surface area contributed by atoms with Crippen LogP contribution in [0.15, 0.2) is 12.2 Å². The number of hydrogen-bond acceptors (Lipinski definition) is 3. The van der Waals surface area contributed by atoms with Crippen molar-refractivity contribution in [2.45, 2.75) is 0 Å². The molecule has 0 saturated carbocycles. The van der Waals surface area contributed by atoms with Gasteiger partial charge < -0.3 is 5.11 Å². The predicted octanol–water partition coefficient (Wildman–Crippen LogP) is 0.851. The van der Waals surface area contributed by atoms with E-state index in [-0.39, 0.29) is 6.61 Å². The van der Waals surface area contributed by atoms with E-state index in [4.69, 9.17) is 5.11 Å². The van der Waals surface area contributed by atoms with Gasteiger partial charge in [0.2, 0.25) is 0 Å². The molecule has 0 aromatic rings. The van der Waals surface area contributed by atoms with Crippen LogP contribution in [-0.2, 0) is 13.9 Å². The van der Waals surface area contributed by atoms with Crippen molar-refractivity contribution in [2.75, 3.05) is 6.61 Å². The largest absolute Gasteiger partial charge is 0.478 e. The molecule has 0 radical (unpaired) electrons. The molecular formula is C4H5O4P. The molecule has 5 heteroatoms. The van der Waals surface area contributed by atoms with Crippen molar-refractivity contribution >= 4 is 14.7 Å². The highest BCUT2D eigenvalue weighted by molar-refractivity contribution is 7.17. The molecule has 4 nitrogen and oxygen atoms in total. The van der Waals surface area contributed by atoms with Crippen LogP contribution >= 0.6 is 8.69 Å². The Hall–Kier alpha value is -0.730. The van der Waals surface area contributed by atoms with Crippen molar-refractivity contribution in [2.24, 2.45) is 0 Å². The van der Waals surface area contributed by atoms with Gasteiger partial charge in [0.25, 0.3) is 0 Å². The summed E-state index contributed by atoms with van der Waals surface area (Å²) in [5.74, 6) is -1.04. The zero-order chi connectivity index (χ0) is 7.11. The normalized spacial score (nSPS) is 10.7. The Kier molecular flexibility index (Phi) is 4.97. The molecule has 0 aliphatic rings. The van der Waals surface area contributed by atoms with E-state index in [0.29, 0.717) is 0 Å². The van der Waals surface area contributed by atoms with Gasteiger partial charge in [-0.3, -0.25) is 4.52 Å². The first-order valence-corrected chi connectivity index (χ1v) is 2.84. The second kappa shape index (κ2) is 5.41. The fraction of sp³-hybridized carbons (Fsp3) is 0.250. The summed E-state index contributed by atoms with van der Waals surface area (Å²) in [4.78, 5) is 9.74. The van der Waals surface area contributed by atoms with E-state index in [2.05, 4.69) is 4.52 Å². The number of aliphatic carboxylic acids is 1. The fourth-order valence-corrected chi connectivity index (χ4v) is 0.369. The summed E-state index contributed by atoms with van der Waals surface area (Å²) in [7, 11) is -0.437. The summed E-state index contributed by atoms with van der Waals surface area (Å²) in [6.07, 6.45) is 2.18. The zero-order valence-corrected chi connectivity index (χ0v) is 5.38. The standard InChI is InChI=1S/C4H5O4P/c5-4(6)2-1-3-8-9-7/h1-2H,3H2,(H,5,6). The van der Waals surface area contributed by atoms with E-state index in [1.54, 1.807) is 0 Å². The number of carboxylic acids is 1. The van der Waals surface area contributed by atoms with Gasteiger partial charge in [0.15, 0.2) is 0 Å². The van der Waals surface area contributed by atoms with Gasteiger partial charge in [-0.25, -0.2) is 9.36 Å². The van der Waals surface area contributed by atoms with Gasteiger partial charge in [-0.1, -0.05) is 6.08 Å². The highest BCUT2D eigenvalue weighted by atomic mass is 31.1. The Morgan fingerprint density at radius 2 is 2.44 bits per heavy atom. The van der Waals surface area contributed by atoms with Gasteiger partial charge in [-0.15, -0.1) is 0 Å². The number of carboxylic acid groups (broad SMARTS) is 1. The van der Waals surface area contributed by atoms with Crippen LogP contribution in [-0.4, -0.2) is 17.7 Å². The molecule has 0 bridgehead atoms. The van der Waals surface area contributed by atoms with Gasteiger partial charge >= 0.3 is 14.7 Å². The molecule has 0 aromatic heterocycles. The molecule has 0 amide bonds. The summed E-state index contributed by atoms with van der Waals surface area (Å²) in [6, 6.07) is 0. The molecule has 0 aliphatic carbocycles. The molecule has 0 aromatic carbocycles. The smallest absolute Gasteiger partial charge is 0.328 e. The minimum atomic E-state index is -1.04. The third-order valence-corrected chi connectivity index (χ3v) is 0.738. The molecule has 0 spiro atoms. The molecule has 0 saturated heterocycles. The molecule has 1 N–H and O–H groups in total. The molecule has 0 atom stereocenters. The van der Waals surface area contributed by atoms with E-state index in [9.17, 15) is 9.36 Å². The van der Waals surface area contributed by atoms with Gasteiger partial charge in [0.1, 0.15) is 0 Å². The lowest BCUT2D eigenvalue weighted by Gasteiger charge is -1.80. The predicted molar refractivity (Wildman–Crippen MR) is 30.3 cm³/mol. The number of carbonyl (C=O) groups is 1. The van der Waals surface area contributed by atoms with Crippen LogP contribution in [0.5, 0.6) is 0 Å². The molecule has 0 aliphatic heterocycles. The van der Waals surface area contributed by atoms with E-state index < -0.39 is 14.7 Å². The first-order valence-electron chi connectivity index (χ1n) is 2.11. The lowest BCUT2D eigenvalue weighted by atomic mass is 10.5. The maximum absolute atomic E-state index is 9.74. The number of hydrogen-bond donors (Lipinski definition) is 1. The summed E-state index contributed by atoms with van der Waals surface area (Å²) < 4.78 is 13.8. The highest BCUT2D eigenvalue weighted by Crippen LogP contribution is 1.92. The summed E-state index contributed by atoms with van der Waals surface area (Å²) in [5.41, 5.74) is 0. The van der Waals surface area contributed by atoms with E-state index >= 15 is 0 Å². The van der Waals surface area contributed by atoms with Crippen LogP contribution in [0.25, 0.3) is 0 Å². The van der Waals surface area contributed by atoms with Crippen molar-refractivity contribution in [3.63, 3.8) is 0 Å². The Morgan fingerprint density at radius 3 is 2.89 bits per heavy atom. The Balaban J connectivity index is 3.24. The van der Waals surface area contributed by atoms with Crippen LogP contribution in [0.2, 0.25) is 0 Å². The topological polar surface area (TPSA) is 63.6 Å². The first kappa shape index (κ1) is 8.27. The van der Waals surface area contributed by atoms with E-state index in [0.717, 1.165) is 6.08 Å². The highest BCUT2D eigenvalue weighted by Gasteiger charge is 1.83. The lowest BCUT2D eigenvalue weighted by molar-refractivity contribution is -0.131. The van der Waals surface area contributed by atoms with Crippen LogP contribution in [0.3, 0.4) is 0 Å². The van der Waals surface area contributed by atoms with Gasteiger partial charge in [-0.2, -0.15) is 0 Å². The minimum absolute atomic E-state index is 0.0529. The minimum Gasteiger partial charge on any atom is -0.478 e. The summed E-state index contributed by atoms with van der Waals surface area (Å²) in [6.45, 7) is 0.0529. The number of rotatable bonds is 4. The average Bonchev–Trinajstić information content (AvgIpc) is 1.80. The molecule has 0 rings (SSSR count). The third kappa shape index (κ3) is 7.27. The van der Waals surface area contributed by atoms with Crippen LogP contribution in [0.1, 0.15) is 0 Å². The second-order valence-electron chi connectivity index (χ2n) is 1.11. The second-order valence-corrected chi connectivity index (χ2v) is 1.52. The van der Waals surface area contributed by atoms with Crippen molar-refractivity contribution in [3.05, 3.63) is 12.2 Å². The molecule has 0 unspecified atom stereocenters. The first-order chi connectivity index (χ1) is 4.27. The van der Waals surface area contributed by atoms with Gasteiger partial charge in [-0.05, 0) is 0 Å². The fourth-order valence-electron chi connectivity index (χ4n) is 0.222. The van der Waals surface area contributed by atoms with Crippen molar-refractivity contribution < 1.29 is 19.0 Å². The maximum atomic E-state index is 9.74. The molecular weight excluding hydrogens is 143 g/mol. The van der Waals surface area contributed by atoms with E-state index in [1.165, 1.54) is 6.08 Å². The SMILES string of the molecule is O=POCC=CC(=O)O.